The average Bonchev–Trinajstić information content (AvgIpc) is 3.52. The molecule has 1 aromatic heterocycles. The molecule has 1 atom stereocenters. The van der Waals surface area contributed by atoms with Crippen LogP contribution >= 0.6 is 0 Å². The van der Waals surface area contributed by atoms with Gasteiger partial charge < -0.3 is 15.8 Å². The lowest BCUT2D eigenvalue weighted by Crippen LogP contribution is -2.34. The zero-order valence-corrected chi connectivity index (χ0v) is 20.3. The van der Waals surface area contributed by atoms with Crippen molar-refractivity contribution in [3.63, 3.8) is 0 Å². The van der Waals surface area contributed by atoms with Gasteiger partial charge in [-0.2, -0.15) is 5.10 Å². The van der Waals surface area contributed by atoms with Crippen LogP contribution in [-0.4, -0.2) is 51.5 Å². The van der Waals surface area contributed by atoms with Gasteiger partial charge in [-0.15, -0.1) is 0 Å². The number of hydrogen-bond acceptors (Lipinski definition) is 7. The number of hydrazine groups is 1. The number of carbonyl (C=O) groups is 1. The van der Waals surface area contributed by atoms with Crippen LogP contribution in [0.1, 0.15) is 24.1 Å². The molecular weight excluding hydrogens is 466 g/mol. The van der Waals surface area contributed by atoms with E-state index in [0.717, 1.165) is 35.4 Å². The van der Waals surface area contributed by atoms with Gasteiger partial charge in [-0.05, 0) is 55.8 Å². The molecule has 1 aliphatic rings. The number of nitrogen functional groups attached to an aromatic ring is 1. The SMILES string of the molecule is Nc1ccccc1N(N)S(=O)Cc1cc(NC(=O)Cc2ccc(OCCN3CCCC3)cc2)n[nH]1. The van der Waals surface area contributed by atoms with Crippen molar-refractivity contribution in [3.8, 4) is 5.75 Å². The summed E-state index contributed by atoms with van der Waals surface area (Å²) in [5.41, 5.74) is 8.24. The second-order valence-electron chi connectivity index (χ2n) is 8.39. The first-order valence-corrected chi connectivity index (χ1v) is 12.8. The summed E-state index contributed by atoms with van der Waals surface area (Å²) in [5, 5.41) is 9.62. The lowest BCUT2D eigenvalue weighted by molar-refractivity contribution is -0.115. The highest BCUT2D eigenvalue weighted by Crippen LogP contribution is 2.22. The van der Waals surface area contributed by atoms with Crippen LogP contribution < -0.4 is 26.0 Å². The monoisotopic (exact) mass is 497 g/mol. The van der Waals surface area contributed by atoms with Crippen LogP contribution in [0, 0.1) is 0 Å². The van der Waals surface area contributed by atoms with Crippen molar-refractivity contribution in [1.82, 2.24) is 15.1 Å². The van der Waals surface area contributed by atoms with Crippen molar-refractivity contribution in [2.24, 2.45) is 5.84 Å². The molecule has 11 heteroatoms. The third kappa shape index (κ3) is 7.04. The second kappa shape index (κ2) is 11.8. The number of nitrogens with zero attached hydrogens (tertiary/aromatic N) is 3. The molecule has 0 spiro atoms. The summed E-state index contributed by atoms with van der Waals surface area (Å²) in [6.07, 6.45) is 2.74. The van der Waals surface area contributed by atoms with Gasteiger partial charge in [0.15, 0.2) is 5.82 Å². The number of aromatic amines is 1. The molecule has 1 amide bonds. The Morgan fingerprint density at radius 2 is 1.91 bits per heavy atom. The number of nitrogens with one attached hydrogen (secondary N) is 2. The van der Waals surface area contributed by atoms with E-state index in [1.54, 1.807) is 30.3 Å². The summed E-state index contributed by atoms with van der Waals surface area (Å²) in [6, 6.07) is 16.1. The van der Waals surface area contributed by atoms with E-state index in [9.17, 15) is 9.00 Å². The van der Waals surface area contributed by atoms with Crippen LogP contribution in [0.15, 0.2) is 54.6 Å². The van der Waals surface area contributed by atoms with E-state index in [0.29, 0.717) is 29.5 Å². The molecule has 0 radical (unpaired) electrons. The molecule has 6 N–H and O–H groups in total. The van der Waals surface area contributed by atoms with E-state index < -0.39 is 11.0 Å². The van der Waals surface area contributed by atoms with Crippen LogP contribution in [0.2, 0.25) is 0 Å². The molecule has 0 aliphatic carbocycles. The first kappa shape index (κ1) is 24.7. The van der Waals surface area contributed by atoms with E-state index in [4.69, 9.17) is 16.3 Å². The molecule has 2 aromatic carbocycles. The number of H-pyrrole nitrogens is 1. The number of benzene rings is 2. The number of amides is 1. The fourth-order valence-corrected chi connectivity index (χ4v) is 4.81. The number of para-hydroxylation sites is 2. The highest BCUT2D eigenvalue weighted by atomic mass is 32.2. The van der Waals surface area contributed by atoms with Gasteiger partial charge in [0.1, 0.15) is 23.3 Å². The van der Waals surface area contributed by atoms with Crippen molar-refractivity contribution in [2.45, 2.75) is 25.0 Å². The van der Waals surface area contributed by atoms with Crippen molar-refractivity contribution in [1.29, 1.82) is 0 Å². The lowest BCUT2D eigenvalue weighted by atomic mass is 10.1. The number of ether oxygens (including phenoxy) is 1. The first-order valence-electron chi connectivity index (χ1n) is 11.5. The molecule has 0 saturated carbocycles. The number of carbonyl (C=O) groups excluding carboxylic acids is 1. The van der Waals surface area contributed by atoms with Gasteiger partial charge >= 0.3 is 0 Å². The van der Waals surface area contributed by atoms with Crippen LogP contribution in [0.25, 0.3) is 0 Å². The summed E-state index contributed by atoms with van der Waals surface area (Å²) in [7, 11) is -1.58. The number of aromatic nitrogens is 2. The van der Waals surface area contributed by atoms with Crippen molar-refractivity contribution in [3.05, 3.63) is 65.9 Å². The van der Waals surface area contributed by atoms with Gasteiger partial charge in [-0.3, -0.25) is 14.8 Å². The molecule has 0 bridgehead atoms. The summed E-state index contributed by atoms with van der Waals surface area (Å²) in [4.78, 5) is 14.8. The number of anilines is 3. The summed E-state index contributed by atoms with van der Waals surface area (Å²) in [6.45, 7) is 3.90. The predicted molar refractivity (Wildman–Crippen MR) is 138 cm³/mol. The fraction of sp³-hybridized carbons (Fsp3) is 0.333. The zero-order chi connectivity index (χ0) is 24.6. The third-order valence-corrected chi connectivity index (χ3v) is 6.93. The van der Waals surface area contributed by atoms with Crippen molar-refractivity contribution < 1.29 is 13.7 Å². The Morgan fingerprint density at radius 3 is 2.66 bits per heavy atom. The van der Waals surface area contributed by atoms with Gasteiger partial charge in [0.2, 0.25) is 5.91 Å². The Labute approximate surface area is 207 Å². The maximum atomic E-state index is 12.6. The molecule has 1 aliphatic heterocycles. The largest absolute Gasteiger partial charge is 0.492 e. The molecule has 1 saturated heterocycles. The normalized spacial score (nSPS) is 14.5. The Morgan fingerprint density at radius 1 is 1.17 bits per heavy atom. The Kier molecular flexibility index (Phi) is 8.35. The lowest BCUT2D eigenvalue weighted by Gasteiger charge is -2.18. The maximum absolute atomic E-state index is 12.6. The quantitative estimate of drug-likeness (QED) is 0.181. The standard InChI is InChI=1S/C24H31N7O3S/c25-21-5-1-2-6-22(21)31(26)35(33)17-19-16-23(29-28-19)27-24(32)15-18-7-9-20(10-8-18)34-14-13-30-11-3-4-12-30/h1-2,5-10,16H,3-4,11-15,17,25-26H2,(H2,27,28,29,32). The molecule has 1 fully saturated rings. The Balaban J connectivity index is 1.22. The van der Waals surface area contributed by atoms with E-state index in [2.05, 4.69) is 20.4 Å². The van der Waals surface area contributed by atoms with E-state index in [-0.39, 0.29) is 18.1 Å². The number of hydrogen-bond donors (Lipinski definition) is 4. The summed E-state index contributed by atoms with van der Waals surface area (Å²) >= 11 is 0. The van der Waals surface area contributed by atoms with Gasteiger partial charge in [-0.1, -0.05) is 24.3 Å². The minimum absolute atomic E-state index is 0.0902. The van der Waals surface area contributed by atoms with E-state index in [1.807, 2.05) is 24.3 Å². The van der Waals surface area contributed by atoms with Crippen LogP contribution in [-0.2, 0) is 28.0 Å². The van der Waals surface area contributed by atoms with Gasteiger partial charge in [-0.25, -0.2) is 14.5 Å². The van der Waals surface area contributed by atoms with Crippen LogP contribution in [0.3, 0.4) is 0 Å². The minimum Gasteiger partial charge on any atom is -0.492 e. The molecule has 3 aromatic rings. The van der Waals surface area contributed by atoms with Crippen molar-refractivity contribution in [2.75, 3.05) is 41.7 Å². The molecule has 2 heterocycles. The highest BCUT2D eigenvalue weighted by molar-refractivity contribution is 7.85. The second-order valence-corrected chi connectivity index (χ2v) is 9.72. The third-order valence-electron chi connectivity index (χ3n) is 5.73. The van der Waals surface area contributed by atoms with Crippen molar-refractivity contribution >= 4 is 34.1 Å². The molecule has 10 nitrogen and oxygen atoms in total. The maximum Gasteiger partial charge on any atom is 0.229 e. The fourth-order valence-electron chi connectivity index (χ4n) is 3.87. The highest BCUT2D eigenvalue weighted by Gasteiger charge is 2.15. The smallest absolute Gasteiger partial charge is 0.229 e. The molecule has 186 valence electrons. The molecular formula is C24H31N7O3S. The molecule has 4 rings (SSSR count). The molecule has 35 heavy (non-hydrogen) atoms. The average molecular weight is 498 g/mol. The summed E-state index contributed by atoms with van der Waals surface area (Å²) in [5.74, 6) is 7.00. The zero-order valence-electron chi connectivity index (χ0n) is 19.5. The first-order chi connectivity index (χ1) is 17.0. The van der Waals surface area contributed by atoms with Gasteiger partial charge in [0.05, 0.1) is 29.2 Å². The van der Waals surface area contributed by atoms with Gasteiger partial charge in [0, 0.05) is 12.6 Å². The van der Waals surface area contributed by atoms with Crippen LogP contribution in [0.4, 0.5) is 17.2 Å². The Hall–Kier alpha value is -3.41. The topological polar surface area (TPSA) is 143 Å². The molecule has 1 unspecified atom stereocenters. The predicted octanol–water partition coefficient (Wildman–Crippen LogP) is 2.19. The number of rotatable bonds is 11. The van der Waals surface area contributed by atoms with E-state index >= 15 is 0 Å². The van der Waals surface area contributed by atoms with E-state index in [1.165, 1.54) is 12.8 Å². The number of likely N-dealkylation sites (tertiary alicyclic amines) is 1. The van der Waals surface area contributed by atoms with Crippen LogP contribution in [0.5, 0.6) is 5.75 Å². The summed E-state index contributed by atoms with van der Waals surface area (Å²) < 4.78 is 19.5. The number of nitrogens with two attached hydrogens (primary N) is 2. The Bertz CT molecular complexity index is 1150. The van der Waals surface area contributed by atoms with Gasteiger partial charge in [0.25, 0.3) is 0 Å². The minimum atomic E-state index is -1.58.